The van der Waals surface area contributed by atoms with E-state index in [1.54, 1.807) is 0 Å². The fourth-order valence-electron chi connectivity index (χ4n) is 1.66. The molecule has 0 saturated carbocycles. The van der Waals surface area contributed by atoms with Gasteiger partial charge < -0.3 is 4.42 Å². The van der Waals surface area contributed by atoms with Crippen LogP contribution in [0.25, 0.3) is 11.3 Å². The van der Waals surface area contributed by atoms with Crippen LogP contribution in [-0.4, -0.2) is 10.9 Å². The Labute approximate surface area is 117 Å². The zero-order valence-electron chi connectivity index (χ0n) is 10.2. The highest BCUT2D eigenvalue weighted by molar-refractivity contribution is 6.17. The largest absolute Gasteiger partial charge is 0.441 e. The summed E-state index contributed by atoms with van der Waals surface area (Å²) >= 11 is 5.52. The number of aromatic nitrogens is 1. The molecule has 0 unspecified atom stereocenters. The lowest BCUT2D eigenvalue weighted by Gasteiger charge is -2.08. The molecule has 2 aromatic rings. The molecule has 2 rings (SSSR count). The molecule has 2 nitrogen and oxygen atoms in total. The van der Waals surface area contributed by atoms with Gasteiger partial charge >= 0.3 is 6.18 Å². The van der Waals surface area contributed by atoms with Crippen LogP contribution in [0.15, 0.2) is 28.8 Å². The molecule has 0 atom stereocenters. The second kappa shape index (κ2) is 5.83. The number of hydrogen-bond donors (Lipinski definition) is 0. The molecule has 0 aliphatic rings. The summed E-state index contributed by atoms with van der Waals surface area (Å²) < 4.78 is 56.7. The van der Waals surface area contributed by atoms with Crippen molar-refractivity contribution in [2.24, 2.45) is 0 Å². The highest BCUT2D eigenvalue weighted by Crippen LogP contribution is 2.33. The van der Waals surface area contributed by atoms with E-state index in [0.717, 1.165) is 6.07 Å². The van der Waals surface area contributed by atoms with Crippen molar-refractivity contribution < 1.29 is 22.0 Å². The minimum absolute atomic E-state index is 0.0295. The van der Waals surface area contributed by atoms with Gasteiger partial charge in [0.2, 0.25) is 0 Å². The van der Waals surface area contributed by atoms with E-state index in [4.69, 9.17) is 16.0 Å². The summed E-state index contributed by atoms with van der Waals surface area (Å²) in [5.41, 5.74) is -1.20. The molecule has 1 heterocycles. The number of oxazole rings is 1. The van der Waals surface area contributed by atoms with Crippen molar-refractivity contribution in [3.8, 4) is 11.3 Å². The predicted molar refractivity (Wildman–Crippen MR) is 65.9 cm³/mol. The molecule has 0 saturated heterocycles. The van der Waals surface area contributed by atoms with E-state index in [0.29, 0.717) is 36.7 Å². The number of halogens is 5. The molecule has 0 fully saturated rings. The Balaban J connectivity index is 2.34. The SMILES string of the molecule is Fc1ccc(C(F)(F)F)cc1-c1cnc(CCCCl)o1. The maximum absolute atomic E-state index is 13.6. The van der Waals surface area contributed by atoms with Crippen molar-refractivity contribution in [2.75, 3.05) is 5.88 Å². The van der Waals surface area contributed by atoms with Crippen LogP contribution in [0.5, 0.6) is 0 Å². The first kappa shape index (κ1) is 14.8. The van der Waals surface area contributed by atoms with Crippen molar-refractivity contribution >= 4 is 11.6 Å². The van der Waals surface area contributed by atoms with Crippen molar-refractivity contribution in [3.63, 3.8) is 0 Å². The van der Waals surface area contributed by atoms with E-state index in [1.807, 2.05) is 0 Å². The first-order valence-corrected chi connectivity index (χ1v) is 6.33. The van der Waals surface area contributed by atoms with Gasteiger partial charge in [0.05, 0.1) is 17.3 Å². The number of aryl methyl sites for hydroxylation is 1. The molecule has 108 valence electrons. The lowest BCUT2D eigenvalue weighted by Crippen LogP contribution is -2.05. The van der Waals surface area contributed by atoms with Crippen LogP contribution in [-0.2, 0) is 12.6 Å². The van der Waals surface area contributed by atoms with Gasteiger partial charge in [-0.1, -0.05) is 0 Å². The van der Waals surface area contributed by atoms with Crippen LogP contribution < -0.4 is 0 Å². The lowest BCUT2D eigenvalue weighted by molar-refractivity contribution is -0.137. The minimum atomic E-state index is -4.54. The van der Waals surface area contributed by atoms with Crippen molar-refractivity contribution in [1.29, 1.82) is 0 Å². The van der Waals surface area contributed by atoms with Gasteiger partial charge in [0.1, 0.15) is 5.82 Å². The van der Waals surface area contributed by atoms with E-state index in [1.165, 1.54) is 6.20 Å². The first-order valence-electron chi connectivity index (χ1n) is 5.79. The fraction of sp³-hybridized carbons (Fsp3) is 0.308. The third kappa shape index (κ3) is 3.30. The molecule has 1 aromatic heterocycles. The Bertz CT molecular complexity index is 594. The average Bonchev–Trinajstić information content (AvgIpc) is 2.84. The highest BCUT2D eigenvalue weighted by Gasteiger charge is 2.31. The molecule has 0 radical (unpaired) electrons. The van der Waals surface area contributed by atoms with Gasteiger partial charge in [-0.25, -0.2) is 9.37 Å². The second-order valence-corrected chi connectivity index (χ2v) is 4.48. The zero-order chi connectivity index (χ0) is 14.8. The summed E-state index contributed by atoms with van der Waals surface area (Å²) in [6.45, 7) is 0. The number of nitrogens with zero attached hydrogens (tertiary/aromatic N) is 1. The molecular weight excluding hydrogens is 298 g/mol. The Hall–Kier alpha value is -1.56. The van der Waals surface area contributed by atoms with E-state index in [2.05, 4.69) is 4.98 Å². The van der Waals surface area contributed by atoms with Gasteiger partial charge in [-0.2, -0.15) is 13.2 Å². The molecule has 0 N–H and O–H groups in total. The highest BCUT2D eigenvalue weighted by atomic mass is 35.5. The van der Waals surface area contributed by atoms with Crippen LogP contribution in [0, 0.1) is 5.82 Å². The number of benzene rings is 1. The summed E-state index contributed by atoms with van der Waals surface area (Å²) in [7, 11) is 0. The second-order valence-electron chi connectivity index (χ2n) is 4.10. The smallest absolute Gasteiger partial charge is 0.416 e. The lowest BCUT2D eigenvalue weighted by atomic mass is 10.1. The summed E-state index contributed by atoms with van der Waals surface area (Å²) in [6.07, 6.45) is -2.26. The van der Waals surface area contributed by atoms with Crippen molar-refractivity contribution in [3.05, 3.63) is 41.7 Å². The topological polar surface area (TPSA) is 26.0 Å². The molecule has 7 heteroatoms. The standard InChI is InChI=1S/C13H10ClF4NO/c14-5-1-2-12-19-7-11(20-12)9-6-8(13(16,17)18)3-4-10(9)15/h3-4,6-7H,1-2,5H2. The Morgan fingerprint density at radius 1 is 1.25 bits per heavy atom. The van der Waals surface area contributed by atoms with E-state index in [9.17, 15) is 17.6 Å². The van der Waals surface area contributed by atoms with E-state index < -0.39 is 17.6 Å². The molecule has 0 bridgehead atoms. The Kier molecular flexibility index (Phi) is 4.32. The van der Waals surface area contributed by atoms with Gasteiger partial charge in [0.15, 0.2) is 11.7 Å². The van der Waals surface area contributed by atoms with Crippen LogP contribution in [0.3, 0.4) is 0 Å². The zero-order valence-corrected chi connectivity index (χ0v) is 10.9. The van der Waals surface area contributed by atoms with Gasteiger partial charge in [-0.15, -0.1) is 11.6 Å². The predicted octanol–water partition coefficient (Wildman–Crippen LogP) is 4.67. The fourth-order valence-corrected chi connectivity index (χ4v) is 1.79. The van der Waals surface area contributed by atoms with Crippen LogP contribution in [0.1, 0.15) is 17.9 Å². The number of rotatable bonds is 4. The quantitative estimate of drug-likeness (QED) is 0.606. The molecule has 0 aliphatic heterocycles. The molecule has 0 amide bonds. The summed E-state index contributed by atoms with van der Waals surface area (Å²) in [5.74, 6) is -0.0935. The Morgan fingerprint density at radius 2 is 2.00 bits per heavy atom. The van der Waals surface area contributed by atoms with Crippen LogP contribution >= 0.6 is 11.6 Å². The molecule has 0 spiro atoms. The third-order valence-electron chi connectivity index (χ3n) is 2.64. The molecule has 1 aromatic carbocycles. The van der Waals surface area contributed by atoms with E-state index in [-0.39, 0.29) is 11.3 Å². The van der Waals surface area contributed by atoms with Gasteiger partial charge in [0.25, 0.3) is 0 Å². The van der Waals surface area contributed by atoms with Gasteiger partial charge in [-0.05, 0) is 24.6 Å². The maximum Gasteiger partial charge on any atom is 0.416 e. The van der Waals surface area contributed by atoms with Gasteiger partial charge in [0, 0.05) is 12.3 Å². The van der Waals surface area contributed by atoms with E-state index >= 15 is 0 Å². The Morgan fingerprint density at radius 3 is 2.65 bits per heavy atom. The normalized spacial score (nSPS) is 11.8. The van der Waals surface area contributed by atoms with Gasteiger partial charge in [-0.3, -0.25) is 0 Å². The molecule has 20 heavy (non-hydrogen) atoms. The third-order valence-corrected chi connectivity index (χ3v) is 2.90. The van der Waals surface area contributed by atoms with Crippen molar-refractivity contribution in [1.82, 2.24) is 4.98 Å². The average molecular weight is 308 g/mol. The number of hydrogen-bond acceptors (Lipinski definition) is 2. The summed E-state index contributed by atoms with van der Waals surface area (Å²) in [6, 6.07) is 2.16. The number of alkyl halides is 4. The summed E-state index contributed by atoms with van der Waals surface area (Å²) in [4.78, 5) is 3.89. The van der Waals surface area contributed by atoms with Crippen LogP contribution in [0.2, 0.25) is 0 Å². The van der Waals surface area contributed by atoms with Crippen molar-refractivity contribution in [2.45, 2.75) is 19.0 Å². The summed E-state index contributed by atoms with van der Waals surface area (Å²) in [5, 5.41) is 0. The first-order chi connectivity index (χ1) is 9.41. The maximum atomic E-state index is 13.6. The molecular formula is C13H10ClF4NO. The minimum Gasteiger partial charge on any atom is -0.441 e. The monoisotopic (exact) mass is 307 g/mol. The molecule has 0 aliphatic carbocycles. The van der Waals surface area contributed by atoms with Crippen LogP contribution in [0.4, 0.5) is 17.6 Å².